The van der Waals surface area contributed by atoms with E-state index in [9.17, 15) is 10.1 Å². The number of aromatic amines is 1. The normalized spacial score (nSPS) is 12.1. The van der Waals surface area contributed by atoms with E-state index in [1.165, 1.54) is 18.5 Å². The van der Waals surface area contributed by atoms with Crippen molar-refractivity contribution in [2.45, 2.75) is 19.9 Å². The van der Waals surface area contributed by atoms with Gasteiger partial charge >= 0.3 is 0 Å². The Morgan fingerprint density at radius 1 is 1.50 bits per heavy atom. The average Bonchev–Trinajstić information content (AvgIpc) is 2.85. The molecule has 1 atom stereocenters. The molecule has 0 saturated carbocycles. The molecule has 2 aromatic rings. The zero-order chi connectivity index (χ0) is 13.1. The molecule has 1 aromatic carbocycles. The van der Waals surface area contributed by atoms with Crippen molar-refractivity contribution in [3.05, 3.63) is 46.0 Å². The number of nitrogens with one attached hydrogen (secondary N) is 2. The third kappa shape index (κ3) is 2.45. The van der Waals surface area contributed by atoms with Crippen LogP contribution >= 0.6 is 0 Å². The summed E-state index contributed by atoms with van der Waals surface area (Å²) in [6, 6.07) is 4.61. The molecule has 7 nitrogen and oxygen atoms in total. The van der Waals surface area contributed by atoms with Crippen LogP contribution in [0.15, 0.2) is 24.5 Å². The molecule has 0 saturated heterocycles. The fourth-order valence-corrected chi connectivity index (χ4v) is 1.60. The molecule has 0 amide bonds. The van der Waals surface area contributed by atoms with Crippen LogP contribution in [0.25, 0.3) is 0 Å². The van der Waals surface area contributed by atoms with Crippen LogP contribution in [0.1, 0.15) is 24.4 Å². The smallest absolute Gasteiger partial charge is 0.271 e. The van der Waals surface area contributed by atoms with Gasteiger partial charge in [0.2, 0.25) is 0 Å². The number of nitro benzene ring substituents is 1. The predicted octanol–water partition coefficient (Wildman–Crippen LogP) is 2.19. The molecule has 7 heteroatoms. The molecule has 1 unspecified atom stereocenters. The topological polar surface area (TPSA) is 96.7 Å². The summed E-state index contributed by atoms with van der Waals surface area (Å²) in [6.45, 7) is 3.79. The number of nitro groups is 1. The highest BCUT2D eigenvalue weighted by Crippen LogP contribution is 2.24. The van der Waals surface area contributed by atoms with Crippen molar-refractivity contribution >= 4 is 11.4 Å². The maximum Gasteiger partial charge on any atom is 0.271 e. The van der Waals surface area contributed by atoms with Crippen molar-refractivity contribution in [3.63, 3.8) is 0 Å². The first-order valence-electron chi connectivity index (χ1n) is 5.45. The third-order valence-corrected chi connectivity index (χ3v) is 2.65. The fourth-order valence-electron chi connectivity index (χ4n) is 1.60. The number of benzene rings is 1. The molecule has 0 spiro atoms. The maximum absolute atomic E-state index is 10.7. The van der Waals surface area contributed by atoms with Crippen molar-refractivity contribution in [3.8, 4) is 0 Å². The Kier molecular flexibility index (Phi) is 3.22. The van der Waals surface area contributed by atoms with E-state index in [1.807, 2.05) is 13.8 Å². The van der Waals surface area contributed by atoms with Gasteiger partial charge < -0.3 is 5.32 Å². The van der Waals surface area contributed by atoms with E-state index in [1.54, 1.807) is 6.07 Å². The lowest BCUT2D eigenvalue weighted by Crippen LogP contribution is -2.09. The molecule has 18 heavy (non-hydrogen) atoms. The summed E-state index contributed by atoms with van der Waals surface area (Å²) in [5.74, 6) is 0.681. The van der Waals surface area contributed by atoms with Gasteiger partial charge in [-0.3, -0.25) is 15.2 Å². The Bertz CT molecular complexity index is 553. The van der Waals surface area contributed by atoms with Crippen LogP contribution in [0.4, 0.5) is 11.4 Å². The lowest BCUT2D eigenvalue weighted by Gasteiger charge is -2.14. The molecule has 1 aromatic heterocycles. The van der Waals surface area contributed by atoms with Crippen LogP contribution in [0.5, 0.6) is 0 Å². The Morgan fingerprint density at radius 2 is 2.28 bits per heavy atom. The molecule has 94 valence electrons. The van der Waals surface area contributed by atoms with E-state index in [2.05, 4.69) is 20.5 Å². The number of aryl methyl sites for hydroxylation is 1. The lowest BCUT2D eigenvalue weighted by molar-refractivity contribution is -0.384. The summed E-state index contributed by atoms with van der Waals surface area (Å²) >= 11 is 0. The highest BCUT2D eigenvalue weighted by atomic mass is 16.6. The number of anilines is 1. The number of nitrogens with zero attached hydrogens (tertiary/aromatic N) is 3. The Labute approximate surface area is 103 Å². The van der Waals surface area contributed by atoms with Crippen LogP contribution in [0.2, 0.25) is 0 Å². The quantitative estimate of drug-likeness (QED) is 0.637. The van der Waals surface area contributed by atoms with Crippen LogP contribution in [-0.2, 0) is 0 Å². The van der Waals surface area contributed by atoms with Gasteiger partial charge in [-0.2, -0.15) is 5.10 Å². The standard InChI is InChI=1S/C11H13N5O2/c1-7-3-4-9(16(17)18)5-10(7)14-8(2)11-12-6-13-15-11/h3-6,8,14H,1-2H3,(H,12,13,15). The van der Waals surface area contributed by atoms with Crippen LogP contribution in [0.3, 0.4) is 0 Å². The number of hydrogen-bond donors (Lipinski definition) is 2. The molecule has 0 aliphatic rings. The maximum atomic E-state index is 10.7. The summed E-state index contributed by atoms with van der Waals surface area (Å²) in [5.41, 5.74) is 1.72. The number of rotatable bonds is 4. The van der Waals surface area contributed by atoms with Crippen LogP contribution < -0.4 is 5.32 Å². The van der Waals surface area contributed by atoms with Crippen molar-refractivity contribution in [1.82, 2.24) is 15.2 Å². The molecule has 0 aliphatic heterocycles. The van der Waals surface area contributed by atoms with Crippen molar-refractivity contribution in [1.29, 1.82) is 0 Å². The molecule has 2 rings (SSSR count). The van der Waals surface area contributed by atoms with Gasteiger partial charge in [-0.25, -0.2) is 4.98 Å². The van der Waals surface area contributed by atoms with Gasteiger partial charge in [0.25, 0.3) is 5.69 Å². The zero-order valence-corrected chi connectivity index (χ0v) is 10.0. The van der Waals surface area contributed by atoms with Gasteiger partial charge in [0.15, 0.2) is 0 Å². The van der Waals surface area contributed by atoms with Crippen LogP contribution in [-0.4, -0.2) is 20.1 Å². The minimum absolute atomic E-state index is 0.0628. The number of hydrogen-bond acceptors (Lipinski definition) is 5. The Balaban J connectivity index is 2.23. The van der Waals surface area contributed by atoms with Crippen LogP contribution in [0, 0.1) is 17.0 Å². The SMILES string of the molecule is Cc1ccc([N+](=O)[O-])cc1NC(C)c1ncn[nH]1. The van der Waals surface area contributed by atoms with Gasteiger partial charge in [0.05, 0.1) is 11.0 Å². The van der Waals surface area contributed by atoms with E-state index in [-0.39, 0.29) is 11.7 Å². The summed E-state index contributed by atoms with van der Waals surface area (Å²) < 4.78 is 0. The summed E-state index contributed by atoms with van der Waals surface area (Å²) in [7, 11) is 0. The highest BCUT2D eigenvalue weighted by Gasteiger charge is 2.12. The first-order valence-corrected chi connectivity index (χ1v) is 5.45. The molecule has 1 heterocycles. The van der Waals surface area contributed by atoms with E-state index in [0.29, 0.717) is 11.5 Å². The van der Waals surface area contributed by atoms with Crippen molar-refractivity contribution in [2.24, 2.45) is 0 Å². The minimum atomic E-state index is -0.413. The molecular formula is C11H13N5O2. The fraction of sp³-hybridized carbons (Fsp3) is 0.273. The molecular weight excluding hydrogens is 234 g/mol. The first kappa shape index (κ1) is 12.0. The van der Waals surface area contributed by atoms with Gasteiger partial charge in [-0.05, 0) is 19.4 Å². The monoisotopic (exact) mass is 247 g/mol. The predicted molar refractivity (Wildman–Crippen MR) is 66.3 cm³/mol. The number of H-pyrrole nitrogens is 1. The van der Waals surface area contributed by atoms with Gasteiger partial charge in [-0.1, -0.05) is 6.07 Å². The largest absolute Gasteiger partial charge is 0.375 e. The van der Waals surface area contributed by atoms with Gasteiger partial charge in [-0.15, -0.1) is 0 Å². The van der Waals surface area contributed by atoms with E-state index in [4.69, 9.17) is 0 Å². The molecule has 0 radical (unpaired) electrons. The second-order valence-electron chi connectivity index (χ2n) is 3.99. The summed E-state index contributed by atoms with van der Waals surface area (Å²) in [4.78, 5) is 14.4. The van der Waals surface area contributed by atoms with E-state index in [0.717, 1.165) is 5.56 Å². The third-order valence-electron chi connectivity index (χ3n) is 2.65. The second kappa shape index (κ2) is 4.82. The number of aromatic nitrogens is 3. The molecule has 2 N–H and O–H groups in total. The Hall–Kier alpha value is -2.44. The van der Waals surface area contributed by atoms with Gasteiger partial charge in [0.1, 0.15) is 12.2 Å². The van der Waals surface area contributed by atoms with E-state index >= 15 is 0 Å². The summed E-state index contributed by atoms with van der Waals surface area (Å²) in [6.07, 6.45) is 1.42. The van der Waals surface area contributed by atoms with Gasteiger partial charge in [0, 0.05) is 17.8 Å². The Morgan fingerprint density at radius 3 is 2.89 bits per heavy atom. The summed E-state index contributed by atoms with van der Waals surface area (Å²) in [5, 5.41) is 20.4. The molecule has 0 bridgehead atoms. The molecule has 0 fully saturated rings. The lowest BCUT2D eigenvalue weighted by atomic mass is 10.1. The average molecular weight is 247 g/mol. The minimum Gasteiger partial charge on any atom is -0.375 e. The number of non-ortho nitro benzene ring substituents is 1. The van der Waals surface area contributed by atoms with Crippen molar-refractivity contribution < 1.29 is 4.92 Å². The zero-order valence-electron chi connectivity index (χ0n) is 10.0. The van der Waals surface area contributed by atoms with Crippen molar-refractivity contribution in [2.75, 3.05) is 5.32 Å². The van der Waals surface area contributed by atoms with E-state index < -0.39 is 4.92 Å². The first-order chi connectivity index (χ1) is 8.58. The second-order valence-corrected chi connectivity index (χ2v) is 3.99. The highest BCUT2D eigenvalue weighted by molar-refractivity contribution is 5.57. The molecule has 0 aliphatic carbocycles.